The molecule has 2 N–H and O–H groups in total. The molecule has 2 aromatic heterocycles. The number of nitrogens with zero attached hydrogens (tertiary/aromatic N) is 4. The third kappa shape index (κ3) is 2.55. The van der Waals surface area contributed by atoms with Crippen molar-refractivity contribution in [3.8, 4) is 17.2 Å². The average Bonchev–Trinajstić information content (AvgIpc) is 3.12. The third-order valence-electron chi connectivity index (χ3n) is 4.03. The molecule has 0 radical (unpaired) electrons. The Hall–Kier alpha value is -3.04. The molecule has 116 valence electrons. The molecule has 0 saturated carbocycles. The molecule has 4 rings (SSSR count). The highest BCUT2D eigenvalue weighted by Crippen LogP contribution is 2.35. The van der Waals surface area contributed by atoms with Crippen LogP contribution >= 0.6 is 11.3 Å². The van der Waals surface area contributed by atoms with E-state index < -0.39 is 0 Å². The van der Waals surface area contributed by atoms with Crippen molar-refractivity contribution in [2.75, 3.05) is 0 Å². The first-order chi connectivity index (χ1) is 11.7. The second-order valence-electron chi connectivity index (χ2n) is 5.55. The summed E-state index contributed by atoms with van der Waals surface area (Å²) >= 11 is 1.65. The van der Waals surface area contributed by atoms with Crippen LogP contribution in [0.15, 0.2) is 53.2 Å². The first-order valence-electron chi connectivity index (χ1n) is 7.46. The molecule has 0 unspecified atom stereocenters. The summed E-state index contributed by atoms with van der Waals surface area (Å²) in [6.07, 6.45) is 3.98. The first-order valence-corrected chi connectivity index (χ1v) is 8.34. The molecule has 1 atom stereocenters. The largest absolute Gasteiger partial charge is 0.383 e. The molecule has 6 heteroatoms. The Kier molecular flexibility index (Phi) is 3.56. The standard InChI is InChI=1S/C18H13N5S/c19-7-11-2-1-3-12(4-11)13-5-17(24-9-13)16-6-15-14(18(20)23-16)8-21-10-22-15/h1-5,8-10,16H,6H2,(H2,20,23)/t16-/m0/s1. The molecule has 0 bridgehead atoms. The van der Waals surface area contributed by atoms with Gasteiger partial charge in [0.05, 0.1) is 28.9 Å². The second kappa shape index (κ2) is 5.87. The SMILES string of the molecule is N#Cc1cccc(-c2csc([C@@H]3Cc4ncncc4C(N)=N3)c2)c1. The number of aromatic nitrogens is 2. The minimum Gasteiger partial charge on any atom is -0.383 e. The lowest BCUT2D eigenvalue weighted by Crippen LogP contribution is -2.23. The lowest BCUT2D eigenvalue weighted by atomic mass is 10.0. The van der Waals surface area contributed by atoms with E-state index in [2.05, 4.69) is 32.5 Å². The number of benzene rings is 1. The first kappa shape index (κ1) is 14.5. The summed E-state index contributed by atoms with van der Waals surface area (Å²) in [5.41, 5.74) is 10.6. The van der Waals surface area contributed by atoms with Crippen LogP contribution in [-0.4, -0.2) is 15.8 Å². The van der Waals surface area contributed by atoms with Gasteiger partial charge in [0.25, 0.3) is 0 Å². The summed E-state index contributed by atoms with van der Waals surface area (Å²) < 4.78 is 0. The predicted molar refractivity (Wildman–Crippen MR) is 93.7 cm³/mol. The van der Waals surface area contributed by atoms with E-state index >= 15 is 0 Å². The molecule has 0 saturated heterocycles. The Balaban J connectivity index is 1.67. The average molecular weight is 331 g/mol. The molecular weight excluding hydrogens is 318 g/mol. The van der Waals surface area contributed by atoms with Gasteiger partial charge in [0.2, 0.25) is 0 Å². The van der Waals surface area contributed by atoms with E-state index in [0.29, 0.717) is 11.4 Å². The Morgan fingerprint density at radius 2 is 2.17 bits per heavy atom. The lowest BCUT2D eigenvalue weighted by molar-refractivity contribution is 0.702. The number of fused-ring (bicyclic) bond motifs is 1. The van der Waals surface area contributed by atoms with Crippen LogP contribution in [0.4, 0.5) is 0 Å². The van der Waals surface area contributed by atoms with Gasteiger partial charge in [-0.15, -0.1) is 11.3 Å². The number of hydrogen-bond acceptors (Lipinski definition) is 6. The van der Waals surface area contributed by atoms with Crippen molar-refractivity contribution >= 4 is 17.2 Å². The highest BCUT2D eigenvalue weighted by Gasteiger charge is 2.23. The van der Waals surface area contributed by atoms with E-state index in [4.69, 9.17) is 11.0 Å². The van der Waals surface area contributed by atoms with E-state index in [0.717, 1.165) is 33.7 Å². The molecule has 0 aliphatic carbocycles. The zero-order valence-corrected chi connectivity index (χ0v) is 13.5. The molecule has 3 aromatic rings. The fourth-order valence-electron chi connectivity index (χ4n) is 2.81. The van der Waals surface area contributed by atoms with Gasteiger partial charge in [-0.2, -0.15) is 5.26 Å². The molecule has 24 heavy (non-hydrogen) atoms. The van der Waals surface area contributed by atoms with Crippen LogP contribution in [0.3, 0.4) is 0 Å². The van der Waals surface area contributed by atoms with Crippen molar-refractivity contribution in [3.05, 3.63) is 69.9 Å². The fourth-order valence-corrected chi connectivity index (χ4v) is 3.76. The van der Waals surface area contributed by atoms with Crippen LogP contribution in [0.2, 0.25) is 0 Å². The van der Waals surface area contributed by atoms with Crippen LogP contribution in [0, 0.1) is 11.3 Å². The fraction of sp³-hybridized carbons (Fsp3) is 0.111. The van der Waals surface area contributed by atoms with Gasteiger partial charge < -0.3 is 5.73 Å². The Labute approximate surface area is 143 Å². The van der Waals surface area contributed by atoms with E-state index in [-0.39, 0.29) is 6.04 Å². The zero-order valence-electron chi connectivity index (χ0n) is 12.7. The molecule has 1 aliphatic heterocycles. The van der Waals surface area contributed by atoms with Crippen LogP contribution in [0.25, 0.3) is 11.1 Å². The molecule has 0 spiro atoms. The molecule has 0 amide bonds. The Morgan fingerprint density at radius 1 is 1.25 bits per heavy atom. The van der Waals surface area contributed by atoms with E-state index in [1.165, 1.54) is 0 Å². The normalized spacial score (nSPS) is 16.1. The van der Waals surface area contributed by atoms with Crippen molar-refractivity contribution in [1.29, 1.82) is 5.26 Å². The van der Waals surface area contributed by atoms with Gasteiger partial charge in [-0.3, -0.25) is 4.99 Å². The lowest BCUT2D eigenvalue weighted by Gasteiger charge is -2.19. The van der Waals surface area contributed by atoms with Crippen LogP contribution in [0.5, 0.6) is 0 Å². The van der Waals surface area contributed by atoms with Gasteiger partial charge in [-0.25, -0.2) is 9.97 Å². The number of amidine groups is 1. The molecule has 0 fully saturated rings. The smallest absolute Gasteiger partial charge is 0.129 e. The summed E-state index contributed by atoms with van der Waals surface area (Å²) in [6, 6.07) is 11.9. The molecule has 5 nitrogen and oxygen atoms in total. The maximum absolute atomic E-state index is 9.05. The van der Waals surface area contributed by atoms with Crippen molar-refractivity contribution < 1.29 is 0 Å². The Bertz CT molecular complexity index is 983. The number of rotatable bonds is 2. The van der Waals surface area contributed by atoms with Crippen molar-refractivity contribution in [2.24, 2.45) is 10.7 Å². The number of hydrogen-bond donors (Lipinski definition) is 1. The van der Waals surface area contributed by atoms with Crippen LogP contribution in [0.1, 0.15) is 27.7 Å². The zero-order chi connectivity index (χ0) is 16.5. The van der Waals surface area contributed by atoms with Gasteiger partial charge in [0.15, 0.2) is 0 Å². The van der Waals surface area contributed by atoms with E-state index in [9.17, 15) is 0 Å². The van der Waals surface area contributed by atoms with Crippen molar-refractivity contribution in [1.82, 2.24) is 9.97 Å². The van der Waals surface area contributed by atoms with Crippen molar-refractivity contribution in [3.63, 3.8) is 0 Å². The maximum Gasteiger partial charge on any atom is 0.129 e. The van der Waals surface area contributed by atoms with Crippen molar-refractivity contribution in [2.45, 2.75) is 12.5 Å². The van der Waals surface area contributed by atoms with Gasteiger partial charge >= 0.3 is 0 Å². The van der Waals surface area contributed by atoms with E-state index in [1.807, 2.05) is 18.2 Å². The second-order valence-corrected chi connectivity index (χ2v) is 6.49. The van der Waals surface area contributed by atoms with Gasteiger partial charge in [0, 0.05) is 17.5 Å². The third-order valence-corrected chi connectivity index (χ3v) is 5.06. The minimum atomic E-state index is -0.0229. The summed E-state index contributed by atoms with van der Waals surface area (Å²) in [5.74, 6) is 0.489. The topological polar surface area (TPSA) is 88.0 Å². The van der Waals surface area contributed by atoms with E-state index in [1.54, 1.807) is 29.9 Å². The van der Waals surface area contributed by atoms with Crippen LogP contribution < -0.4 is 5.73 Å². The van der Waals surface area contributed by atoms with Crippen LogP contribution in [-0.2, 0) is 6.42 Å². The minimum absolute atomic E-state index is 0.0229. The summed E-state index contributed by atoms with van der Waals surface area (Å²) in [7, 11) is 0. The summed E-state index contributed by atoms with van der Waals surface area (Å²) in [4.78, 5) is 14.1. The van der Waals surface area contributed by atoms with Gasteiger partial charge in [0.1, 0.15) is 12.2 Å². The number of aliphatic imine (C=N–C) groups is 1. The van der Waals surface area contributed by atoms with Gasteiger partial charge in [-0.1, -0.05) is 12.1 Å². The highest BCUT2D eigenvalue weighted by molar-refractivity contribution is 7.10. The number of thiophene rings is 1. The summed E-state index contributed by atoms with van der Waals surface area (Å²) in [6.45, 7) is 0. The number of nitriles is 1. The number of nitrogens with two attached hydrogens (primary N) is 1. The predicted octanol–water partition coefficient (Wildman–Crippen LogP) is 3.08. The molecule has 1 aromatic carbocycles. The maximum atomic E-state index is 9.05. The quantitative estimate of drug-likeness (QED) is 0.781. The Morgan fingerprint density at radius 3 is 3.04 bits per heavy atom. The highest BCUT2D eigenvalue weighted by atomic mass is 32.1. The molecular formula is C18H13N5S. The molecule has 3 heterocycles. The molecule has 1 aliphatic rings. The summed E-state index contributed by atoms with van der Waals surface area (Å²) in [5, 5.41) is 11.1. The monoisotopic (exact) mass is 331 g/mol. The van der Waals surface area contributed by atoms with Gasteiger partial charge in [-0.05, 0) is 34.7 Å².